The van der Waals surface area contributed by atoms with Gasteiger partial charge in [0.15, 0.2) is 0 Å². The molecule has 1 fully saturated rings. The lowest BCUT2D eigenvalue weighted by Gasteiger charge is -2.33. The molecular weight excluding hydrogens is 464 g/mol. The fourth-order valence-electron chi connectivity index (χ4n) is 3.23. The average Bonchev–Trinajstić information content (AvgIpc) is 2.75. The molecule has 9 nitrogen and oxygen atoms in total. The number of sulfonamides is 2. The maximum absolute atomic E-state index is 12.6. The minimum Gasteiger partial charge on any atom is -0.324 e. The molecule has 33 heavy (non-hydrogen) atoms. The molecule has 0 saturated carbocycles. The van der Waals surface area contributed by atoms with Gasteiger partial charge < -0.3 is 10.2 Å². The second kappa shape index (κ2) is 9.70. The predicted octanol–water partition coefficient (Wildman–Crippen LogP) is 3.20. The van der Waals surface area contributed by atoms with Crippen molar-refractivity contribution in [3.63, 3.8) is 0 Å². The van der Waals surface area contributed by atoms with Crippen molar-refractivity contribution < 1.29 is 21.6 Å². The van der Waals surface area contributed by atoms with E-state index in [-0.39, 0.29) is 17.0 Å². The fourth-order valence-corrected chi connectivity index (χ4v) is 5.34. The summed E-state index contributed by atoms with van der Waals surface area (Å²) in [5, 5.41) is 2.79. The zero-order valence-corrected chi connectivity index (χ0v) is 20.5. The van der Waals surface area contributed by atoms with Crippen LogP contribution in [0.15, 0.2) is 59.5 Å². The lowest BCUT2D eigenvalue weighted by atomic mass is 10.1. The molecule has 2 aromatic carbocycles. The molecule has 0 spiro atoms. The Bertz CT molecular complexity index is 1170. The van der Waals surface area contributed by atoms with E-state index < -0.39 is 24.8 Å². The summed E-state index contributed by atoms with van der Waals surface area (Å²) in [6.07, 6.45) is 1.06. The summed E-state index contributed by atoms with van der Waals surface area (Å²) in [5.41, 5.74) is 0.905. The van der Waals surface area contributed by atoms with E-state index in [1.165, 1.54) is 12.1 Å². The third-order valence-corrected chi connectivity index (χ3v) is 9.01. The largest absolute Gasteiger partial charge is 0.324 e. The van der Waals surface area contributed by atoms with Crippen molar-refractivity contribution in [2.45, 2.75) is 49.3 Å². The van der Waals surface area contributed by atoms with Gasteiger partial charge in [0.2, 0.25) is 10.0 Å². The Labute approximate surface area is 195 Å². The highest BCUT2D eigenvalue weighted by Crippen LogP contribution is 2.21. The average molecular weight is 495 g/mol. The quantitative estimate of drug-likeness (QED) is 0.569. The van der Waals surface area contributed by atoms with Crippen LogP contribution in [-0.2, 0) is 20.0 Å². The highest BCUT2D eigenvalue weighted by molar-refractivity contribution is 7.92. The normalized spacial score (nSPS) is 15.8. The number of likely N-dealkylation sites (tertiary alicyclic amines) is 1. The summed E-state index contributed by atoms with van der Waals surface area (Å²) in [4.78, 5) is 14.4. The van der Waals surface area contributed by atoms with Crippen LogP contribution in [0.1, 0.15) is 33.6 Å². The van der Waals surface area contributed by atoms with Crippen molar-refractivity contribution in [3.8, 4) is 0 Å². The zero-order valence-electron chi connectivity index (χ0n) is 18.9. The van der Waals surface area contributed by atoms with Gasteiger partial charge in [0.25, 0.3) is 10.0 Å². The molecule has 1 aliphatic rings. The van der Waals surface area contributed by atoms with Gasteiger partial charge in [-0.15, -0.1) is 0 Å². The molecule has 0 atom stereocenters. The minimum absolute atomic E-state index is 0.163. The van der Waals surface area contributed by atoms with Gasteiger partial charge in [-0.25, -0.2) is 26.4 Å². The lowest BCUT2D eigenvalue weighted by Crippen LogP contribution is -2.50. The number of piperidine rings is 1. The molecule has 2 aromatic rings. The summed E-state index contributed by atoms with van der Waals surface area (Å²) in [6.45, 7) is 5.80. The van der Waals surface area contributed by atoms with Crippen molar-refractivity contribution in [3.05, 3.63) is 54.6 Å². The molecule has 3 rings (SSSR count). The van der Waals surface area contributed by atoms with Crippen LogP contribution in [0, 0.1) is 0 Å². The predicted molar refractivity (Wildman–Crippen MR) is 129 cm³/mol. The van der Waals surface area contributed by atoms with E-state index in [1.807, 2.05) is 0 Å². The number of anilines is 2. The molecule has 0 aliphatic carbocycles. The fraction of sp³-hybridized carbons (Fsp3) is 0.409. The van der Waals surface area contributed by atoms with Gasteiger partial charge in [0.05, 0.1) is 9.64 Å². The standard InChI is InChI=1S/C22H30N4O5S2/c1-22(2,3)33(30,31)25-19-13-15-26(16-14-19)21(27)23-17-9-11-18(12-10-17)24-32(28,29)20-7-5-4-6-8-20/h4-12,19,24-25H,13-16H2,1-3H3,(H,23,27). The summed E-state index contributed by atoms with van der Waals surface area (Å²) < 4.78 is 53.8. The number of carbonyl (C=O) groups is 1. The number of nitrogens with zero attached hydrogens (tertiary/aromatic N) is 1. The first-order chi connectivity index (χ1) is 15.4. The minimum atomic E-state index is -3.69. The van der Waals surface area contributed by atoms with Gasteiger partial charge in [-0.2, -0.15) is 0 Å². The summed E-state index contributed by atoms with van der Waals surface area (Å²) in [6, 6.07) is 13.9. The Kier molecular flexibility index (Phi) is 7.35. The van der Waals surface area contributed by atoms with E-state index in [4.69, 9.17) is 0 Å². The second-order valence-corrected chi connectivity index (χ2v) is 13.1. The monoisotopic (exact) mass is 494 g/mol. The van der Waals surface area contributed by atoms with E-state index in [0.717, 1.165) is 0 Å². The number of rotatable bonds is 6. The van der Waals surface area contributed by atoms with Crippen LogP contribution >= 0.6 is 0 Å². The summed E-state index contributed by atoms with van der Waals surface area (Å²) in [5.74, 6) is 0. The van der Waals surface area contributed by atoms with Crippen LogP contribution in [0.25, 0.3) is 0 Å². The Morgan fingerprint density at radius 2 is 1.42 bits per heavy atom. The van der Waals surface area contributed by atoms with Crippen molar-refractivity contribution in [2.24, 2.45) is 0 Å². The molecule has 3 N–H and O–H groups in total. The Hall–Kier alpha value is -2.63. The number of carbonyl (C=O) groups excluding carboxylic acids is 1. The maximum atomic E-state index is 12.6. The molecule has 0 aromatic heterocycles. The first-order valence-corrected chi connectivity index (χ1v) is 13.6. The molecular formula is C22H30N4O5S2. The van der Waals surface area contributed by atoms with Gasteiger partial charge in [0, 0.05) is 30.5 Å². The van der Waals surface area contributed by atoms with Crippen LogP contribution < -0.4 is 14.8 Å². The highest BCUT2D eigenvalue weighted by atomic mass is 32.2. The topological polar surface area (TPSA) is 125 Å². The molecule has 1 saturated heterocycles. The van der Waals surface area contributed by atoms with Crippen LogP contribution in [0.3, 0.4) is 0 Å². The summed E-state index contributed by atoms with van der Waals surface area (Å²) in [7, 11) is -7.12. The number of amides is 2. The molecule has 1 heterocycles. The van der Waals surface area contributed by atoms with Crippen molar-refractivity contribution in [2.75, 3.05) is 23.1 Å². The van der Waals surface area contributed by atoms with E-state index in [1.54, 1.807) is 68.1 Å². The van der Waals surface area contributed by atoms with E-state index in [2.05, 4.69) is 14.8 Å². The molecule has 0 bridgehead atoms. The SMILES string of the molecule is CC(C)(C)S(=O)(=O)NC1CCN(C(=O)Nc2ccc(NS(=O)(=O)c3ccccc3)cc2)CC1. The van der Waals surface area contributed by atoms with E-state index >= 15 is 0 Å². The van der Waals surface area contributed by atoms with Gasteiger partial charge in [-0.05, 0) is 70.0 Å². The van der Waals surface area contributed by atoms with Crippen molar-refractivity contribution >= 4 is 37.5 Å². The Balaban J connectivity index is 1.52. The molecule has 0 unspecified atom stereocenters. The van der Waals surface area contributed by atoms with Gasteiger partial charge in [0.1, 0.15) is 0 Å². The third-order valence-electron chi connectivity index (χ3n) is 5.35. The van der Waals surface area contributed by atoms with Crippen LogP contribution in [0.2, 0.25) is 0 Å². The number of hydrogen-bond acceptors (Lipinski definition) is 5. The zero-order chi connectivity index (χ0) is 24.3. The molecule has 2 amide bonds. The van der Waals surface area contributed by atoms with E-state index in [0.29, 0.717) is 37.3 Å². The lowest BCUT2D eigenvalue weighted by molar-refractivity contribution is 0.193. The van der Waals surface area contributed by atoms with Crippen LogP contribution in [0.4, 0.5) is 16.2 Å². The van der Waals surface area contributed by atoms with Crippen LogP contribution in [-0.4, -0.2) is 51.6 Å². The number of benzene rings is 2. The van der Waals surface area contributed by atoms with Crippen molar-refractivity contribution in [1.82, 2.24) is 9.62 Å². The maximum Gasteiger partial charge on any atom is 0.321 e. The smallest absolute Gasteiger partial charge is 0.321 e. The molecule has 180 valence electrons. The number of urea groups is 1. The van der Waals surface area contributed by atoms with Gasteiger partial charge >= 0.3 is 6.03 Å². The summed E-state index contributed by atoms with van der Waals surface area (Å²) >= 11 is 0. The van der Waals surface area contributed by atoms with Crippen molar-refractivity contribution in [1.29, 1.82) is 0 Å². The highest BCUT2D eigenvalue weighted by Gasteiger charge is 2.33. The second-order valence-electron chi connectivity index (χ2n) is 8.92. The first kappa shape index (κ1) is 25.0. The molecule has 11 heteroatoms. The molecule has 1 aliphatic heterocycles. The Morgan fingerprint density at radius 1 is 0.879 bits per heavy atom. The number of nitrogens with one attached hydrogen (secondary N) is 3. The first-order valence-electron chi connectivity index (χ1n) is 10.6. The molecule has 0 radical (unpaired) electrons. The van der Waals surface area contributed by atoms with Gasteiger partial charge in [-0.3, -0.25) is 4.72 Å². The van der Waals surface area contributed by atoms with Gasteiger partial charge in [-0.1, -0.05) is 18.2 Å². The Morgan fingerprint density at radius 3 is 1.97 bits per heavy atom. The van der Waals surface area contributed by atoms with Crippen LogP contribution in [0.5, 0.6) is 0 Å². The third kappa shape index (κ3) is 6.46. The van der Waals surface area contributed by atoms with E-state index in [9.17, 15) is 21.6 Å². The number of hydrogen-bond donors (Lipinski definition) is 3.